The van der Waals surface area contributed by atoms with Crippen LogP contribution >= 0.6 is 11.3 Å². The third-order valence-corrected chi connectivity index (χ3v) is 5.80. The number of hydrogen-bond acceptors (Lipinski definition) is 5. The number of thiophene rings is 1. The first-order chi connectivity index (χ1) is 12.7. The molecule has 1 aromatic carbocycles. The second kappa shape index (κ2) is 6.84. The van der Waals surface area contributed by atoms with Crippen molar-refractivity contribution in [2.45, 2.75) is 12.3 Å². The molecule has 0 bridgehead atoms. The van der Waals surface area contributed by atoms with Crippen molar-refractivity contribution in [1.29, 1.82) is 0 Å². The summed E-state index contributed by atoms with van der Waals surface area (Å²) in [6.07, 6.45) is 4.09. The number of rotatable bonds is 3. The number of carbonyl (C=O) groups is 2. The Morgan fingerprint density at radius 3 is 2.73 bits per heavy atom. The van der Waals surface area contributed by atoms with Crippen LogP contribution in [0.15, 0.2) is 42.7 Å². The largest absolute Gasteiger partial charge is 0.354 e. The van der Waals surface area contributed by atoms with Gasteiger partial charge in [0.05, 0.1) is 4.88 Å². The summed E-state index contributed by atoms with van der Waals surface area (Å²) in [7, 11) is 1.62. The van der Waals surface area contributed by atoms with Crippen LogP contribution in [0.4, 0.5) is 0 Å². The minimum absolute atomic E-state index is 0.0280. The summed E-state index contributed by atoms with van der Waals surface area (Å²) in [5.74, 6) is -0.0155. The van der Waals surface area contributed by atoms with E-state index in [2.05, 4.69) is 15.3 Å². The van der Waals surface area contributed by atoms with Crippen LogP contribution < -0.4 is 5.32 Å². The van der Waals surface area contributed by atoms with E-state index in [-0.39, 0.29) is 17.7 Å². The molecule has 1 fully saturated rings. The predicted molar refractivity (Wildman–Crippen MR) is 101 cm³/mol. The average Bonchev–Trinajstić information content (AvgIpc) is 3.32. The van der Waals surface area contributed by atoms with E-state index < -0.39 is 0 Å². The zero-order valence-electron chi connectivity index (χ0n) is 14.3. The summed E-state index contributed by atoms with van der Waals surface area (Å²) in [5, 5.41) is 2.70. The van der Waals surface area contributed by atoms with Crippen LogP contribution in [0.1, 0.15) is 37.9 Å². The highest BCUT2D eigenvalue weighted by molar-refractivity contribution is 7.20. The first kappa shape index (κ1) is 16.7. The molecular formula is C19H18N4O2S. The molecule has 7 heteroatoms. The van der Waals surface area contributed by atoms with Gasteiger partial charge in [0.2, 0.25) is 0 Å². The first-order valence-electron chi connectivity index (χ1n) is 8.49. The fourth-order valence-electron chi connectivity index (χ4n) is 3.45. The monoisotopic (exact) mass is 366 g/mol. The van der Waals surface area contributed by atoms with Crippen molar-refractivity contribution < 1.29 is 9.59 Å². The average molecular weight is 366 g/mol. The van der Waals surface area contributed by atoms with Gasteiger partial charge in [-0.2, -0.15) is 0 Å². The third kappa shape index (κ3) is 2.84. The number of amides is 2. The maximum Gasteiger partial charge on any atom is 0.261 e. The van der Waals surface area contributed by atoms with E-state index in [1.165, 1.54) is 11.3 Å². The molecule has 2 aromatic heterocycles. The van der Waals surface area contributed by atoms with Crippen LogP contribution in [0, 0.1) is 0 Å². The highest BCUT2D eigenvalue weighted by atomic mass is 32.1. The minimum atomic E-state index is -0.127. The molecule has 3 aromatic rings. The topological polar surface area (TPSA) is 75.2 Å². The number of nitrogens with one attached hydrogen (secondary N) is 1. The van der Waals surface area contributed by atoms with Gasteiger partial charge in [-0.1, -0.05) is 18.2 Å². The van der Waals surface area contributed by atoms with Crippen LogP contribution in [0.3, 0.4) is 0 Å². The molecule has 0 radical (unpaired) electrons. The molecule has 1 atom stereocenters. The minimum Gasteiger partial charge on any atom is -0.354 e. The number of hydrogen-bond donors (Lipinski definition) is 1. The highest BCUT2D eigenvalue weighted by Gasteiger charge is 2.33. The van der Waals surface area contributed by atoms with Crippen molar-refractivity contribution in [2.24, 2.45) is 0 Å². The van der Waals surface area contributed by atoms with E-state index in [0.717, 1.165) is 22.3 Å². The van der Waals surface area contributed by atoms with Crippen molar-refractivity contribution in [2.75, 3.05) is 20.1 Å². The van der Waals surface area contributed by atoms with Crippen LogP contribution in [0.5, 0.6) is 0 Å². The third-order valence-electron chi connectivity index (χ3n) is 4.70. The van der Waals surface area contributed by atoms with Crippen molar-refractivity contribution in [3.8, 4) is 0 Å². The van der Waals surface area contributed by atoms with Crippen molar-refractivity contribution >= 4 is 33.5 Å². The van der Waals surface area contributed by atoms with Gasteiger partial charge in [-0.3, -0.25) is 14.6 Å². The second-order valence-corrected chi connectivity index (χ2v) is 7.24. The van der Waals surface area contributed by atoms with Gasteiger partial charge >= 0.3 is 0 Å². The fraction of sp³-hybridized carbons (Fsp3) is 0.263. The van der Waals surface area contributed by atoms with Crippen molar-refractivity contribution in [1.82, 2.24) is 20.2 Å². The molecule has 1 aliphatic rings. The Morgan fingerprint density at radius 1 is 1.19 bits per heavy atom. The molecule has 0 aliphatic carbocycles. The van der Waals surface area contributed by atoms with Crippen LogP contribution in [0.25, 0.3) is 10.3 Å². The maximum atomic E-state index is 12.7. The standard InChI is InChI=1S/C19H18N4O2S/c1-20-17(24)16-14(15-18(26-16)22-9-8-21-15)13-7-10-23(11-13)19(25)12-5-3-2-4-6-12/h2-6,8-9,13H,7,10-11H2,1H3,(H,20,24)/t13-/m0/s1. The van der Waals surface area contributed by atoms with Crippen LogP contribution in [-0.4, -0.2) is 46.8 Å². The van der Waals surface area contributed by atoms with Gasteiger partial charge in [-0.25, -0.2) is 4.98 Å². The Hall–Kier alpha value is -2.80. The van der Waals surface area contributed by atoms with Gasteiger partial charge in [-0.05, 0) is 18.6 Å². The summed E-state index contributed by atoms with van der Waals surface area (Å²) in [4.78, 5) is 37.1. The van der Waals surface area contributed by atoms with Crippen LogP contribution in [-0.2, 0) is 0 Å². The Morgan fingerprint density at radius 2 is 1.96 bits per heavy atom. The molecule has 6 nitrogen and oxygen atoms in total. The van der Waals surface area contributed by atoms with E-state index >= 15 is 0 Å². The lowest BCUT2D eigenvalue weighted by Gasteiger charge is -2.17. The summed E-state index contributed by atoms with van der Waals surface area (Å²) in [6, 6.07) is 9.29. The Bertz CT molecular complexity index is 970. The number of aromatic nitrogens is 2. The summed E-state index contributed by atoms with van der Waals surface area (Å²) >= 11 is 1.36. The van der Waals surface area contributed by atoms with Gasteiger partial charge in [0.25, 0.3) is 11.8 Å². The Kier molecular flexibility index (Phi) is 4.38. The number of benzene rings is 1. The Labute approximate surface area is 154 Å². The summed E-state index contributed by atoms with van der Waals surface area (Å²) < 4.78 is 0. The molecule has 0 spiro atoms. The van der Waals surface area contributed by atoms with Gasteiger partial charge in [0.15, 0.2) is 0 Å². The molecule has 4 rings (SSSR count). The van der Waals surface area contributed by atoms with E-state index in [0.29, 0.717) is 23.5 Å². The molecular weight excluding hydrogens is 348 g/mol. The smallest absolute Gasteiger partial charge is 0.261 e. The summed E-state index contributed by atoms with van der Waals surface area (Å²) in [5.41, 5.74) is 2.38. The predicted octanol–water partition coefficient (Wildman–Crippen LogP) is 2.68. The van der Waals surface area contributed by atoms with E-state index in [9.17, 15) is 9.59 Å². The number of likely N-dealkylation sites (tertiary alicyclic amines) is 1. The zero-order chi connectivity index (χ0) is 18.1. The quantitative estimate of drug-likeness (QED) is 0.773. The molecule has 3 heterocycles. The van der Waals surface area contributed by atoms with Crippen LogP contribution in [0.2, 0.25) is 0 Å². The van der Waals surface area contributed by atoms with Gasteiger partial charge in [0, 0.05) is 49.6 Å². The molecule has 0 saturated carbocycles. The normalized spacial score (nSPS) is 16.8. The lowest BCUT2D eigenvalue weighted by Crippen LogP contribution is -2.28. The van der Waals surface area contributed by atoms with E-state index in [1.807, 2.05) is 35.2 Å². The zero-order valence-corrected chi connectivity index (χ0v) is 15.1. The van der Waals surface area contributed by atoms with Gasteiger partial charge in [-0.15, -0.1) is 11.3 Å². The molecule has 0 unspecified atom stereocenters. The van der Waals surface area contributed by atoms with E-state index in [4.69, 9.17) is 0 Å². The number of nitrogens with zero attached hydrogens (tertiary/aromatic N) is 3. The first-order valence-corrected chi connectivity index (χ1v) is 9.30. The van der Waals surface area contributed by atoms with Gasteiger partial charge < -0.3 is 10.2 Å². The lowest BCUT2D eigenvalue weighted by atomic mass is 9.97. The lowest BCUT2D eigenvalue weighted by molar-refractivity contribution is 0.0790. The second-order valence-electron chi connectivity index (χ2n) is 6.24. The molecule has 2 amide bonds. The Balaban J connectivity index is 1.67. The molecule has 26 heavy (non-hydrogen) atoms. The highest BCUT2D eigenvalue weighted by Crippen LogP contribution is 2.38. The molecule has 1 saturated heterocycles. The van der Waals surface area contributed by atoms with E-state index in [1.54, 1.807) is 19.4 Å². The van der Waals surface area contributed by atoms with Gasteiger partial charge in [0.1, 0.15) is 10.3 Å². The number of carbonyl (C=O) groups excluding carboxylic acids is 2. The molecule has 132 valence electrons. The molecule has 1 N–H and O–H groups in total. The fourth-order valence-corrected chi connectivity index (χ4v) is 4.58. The number of fused-ring (bicyclic) bond motifs is 1. The maximum absolute atomic E-state index is 12.7. The molecule has 1 aliphatic heterocycles. The summed E-state index contributed by atoms with van der Waals surface area (Å²) in [6.45, 7) is 1.25. The van der Waals surface area contributed by atoms with Crippen molar-refractivity contribution in [3.05, 3.63) is 58.7 Å². The SMILES string of the molecule is CNC(=O)c1sc2nccnc2c1[C@H]1CCN(C(=O)c2ccccc2)C1. The van der Waals surface area contributed by atoms with Crippen molar-refractivity contribution in [3.63, 3.8) is 0 Å².